The van der Waals surface area contributed by atoms with E-state index in [0.29, 0.717) is 31.4 Å². The molecule has 1 fully saturated rings. The van der Waals surface area contributed by atoms with Crippen molar-refractivity contribution >= 4 is 15.8 Å². The van der Waals surface area contributed by atoms with Crippen molar-refractivity contribution in [3.63, 3.8) is 0 Å². The summed E-state index contributed by atoms with van der Waals surface area (Å²) >= 11 is 0. The van der Waals surface area contributed by atoms with Crippen LogP contribution in [0.4, 0.5) is 5.82 Å². The fraction of sp³-hybridized carbons (Fsp3) is 0.727. The van der Waals surface area contributed by atoms with Gasteiger partial charge >= 0.3 is 0 Å². The number of sulfonamides is 1. The molecule has 8 heteroatoms. The summed E-state index contributed by atoms with van der Waals surface area (Å²) in [5.74, 6) is 0.362. The Morgan fingerprint density at radius 2 is 2.11 bits per heavy atom. The summed E-state index contributed by atoms with van der Waals surface area (Å²) in [6.45, 7) is 3.49. The van der Waals surface area contributed by atoms with Gasteiger partial charge in [0.2, 0.25) is 10.0 Å². The van der Waals surface area contributed by atoms with Gasteiger partial charge in [-0.2, -0.15) is 5.10 Å². The van der Waals surface area contributed by atoms with Gasteiger partial charge in [0.1, 0.15) is 4.90 Å². The molecule has 0 atom stereocenters. The van der Waals surface area contributed by atoms with Crippen molar-refractivity contribution in [1.82, 2.24) is 14.5 Å². The topological polar surface area (TPSA) is 99.2 Å². The minimum atomic E-state index is -3.60. The number of anilines is 1. The van der Waals surface area contributed by atoms with Gasteiger partial charge in [0.05, 0.1) is 5.69 Å². The highest BCUT2D eigenvalue weighted by Gasteiger charge is 2.25. The lowest BCUT2D eigenvalue weighted by molar-refractivity contribution is 0.0678. The summed E-state index contributed by atoms with van der Waals surface area (Å²) in [7, 11) is -1.93. The van der Waals surface area contributed by atoms with Gasteiger partial charge in [0.15, 0.2) is 5.82 Å². The second kappa shape index (κ2) is 5.48. The molecule has 1 aliphatic rings. The number of nitrogens with two attached hydrogens (primary N) is 1. The lowest BCUT2D eigenvalue weighted by Crippen LogP contribution is -2.32. The molecule has 0 aliphatic carbocycles. The lowest BCUT2D eigenvalue weighted by Gasteiger charge is -2.22. The second-order valence-electron chi connectivity index (χ2n) is 4.83. The Kier molecular flexibility index (Phi) is 4.12. The number of nitrogens with zero attached hydrogens (tertiary/aromatic N) is 2. The molecule has 0 aromatic carbocycles. The largest absolute Gasteiger partial charge is 0.381 e. The fourth-order valence-electron chi connectivity index (χ4n) is 2.20. The number of aromatic nitrogens is 2. The lowest BCUT2D eigenvalue weighted by atomic mass is 10.0. The van der Waals surface area contributed by atoms with Crippen LogP contribution >= 0.6 is 0 Å². The van der Waals surface area contributed by atoms with E-state index >= 15 is 0 Å². The zero-order valence-electron chi connectivity index (χ0n) is 11.2. The molecular formula is C11H20N4O3S. The maximum absolute atomic E-state index is 12.3. The first-order chi connectivity index (χ1) is 8.92. The van der Waals surface area contributed by atoms with Crippen molar-refractivity contribution < 1.29 is 13.2 Å². The third kappa shape index (κ3) is 3.07. The Hall–Kier alpha value is -1.12. The molecule has 1 saturated heterocycles. The average Bonchev–Trinajstić information content (AvgIpc) is 2.63. The number of rotatable bonds is 4. The highest BCUT2D eigenvalue weighted by atomic mass is 32.2. The monoisotopic (exact) mass is 288 g/mol. The van der Waals surface area contributed by atoms with Gasteiger partial charge in [-0.05, 0) is 25.7 Å². The molecule has 1 aliphatic heterocycles. The second-order valence-corrected chi connectivity index (χ2v) is 6.53. The molecule has 0 amide bonds. The summed E-state index contributed by atoms with van der Waals surface area (Å²) in [5, 5.41) is 3.93. The van der Waals surface area contributed by atoms with E-state index in [1.165, 1.54) is 4.68 Å². The van der Waals surface area contributed by atoms with Crippen LogP contribution in [0.15, 0.2) is 4.90 Å². The zero-order valence-corrected chi connectivity index (χ0v) is 12.0. The summed E-state index contributed by atoms with van der Waals surface area (Å²) in [5.41, 5.74) is 6.20. The van der Waals surface area contributed by atoms with Crippen molar-refractivity contribution in [3.05, 3.63) is 5.69 Å². The number of hydrogen-bond acceptors (Lipinski definition) is 5. The average molecular weight is 288 g/mol. The molecule has 0 radical (unpaired) electrons. The molecule has 2 rings (SSSR count). The van der Waals surface area contributed by atoms with Crippen LogP contribution in [-0.4, -0.2) is 38.0 Å². The highest BCUT2D eigenvalue weighted by Crippen LogP contribution is 2.21. The van der Waals surface area contributed by atoms with E-state index < -0.39 is 10.0 Å². The van der Waals surface area contributed by atoms with Crippen LogP contribution < -0.4 is 10.5 Å². The quantitative estimate of drug-likeness (QED) is 0.813. The summed E-state index contributed by atoms with van der Waals surface area (Å²) in [4.78, 5) is 0.0852. The van der Waals surface area contributed by atoms with Crippen LogP contribution in [0.5, 0.6) is 0 Å². The van der Waals surface area contributed by atoms with Crippen LogP contribution in [-0.2, 0) is 21.8 Å². The first-order valence-electron chi connectivity index (χ1n) is 6.28. The Morgan fingerprint density at radius 3 is 2.63 bits per heavy atom. The third-order valence-electron chi connectivity index (χ3n) is 3.48. The van der Waals surface area contributed by atoms with Gasteiger partial charge in [-0.3, -0.25) is 4.68 Å². The van der Waals surface area contributed by atoms with Crippen LogP contribution in [0.2, 0.25) is 0 Å². The predicted molar refractivity (Wildman–Crippen MR) is 71.1 cm³/mol. The summed E-state index contributed by atoms with van der Waals surface area (Å²) in [6, 6.07) is 0. The minimum Gasteiger partial charge on any atom is -0.381 e. The molecule has 0 unspecified atom stereocenters. The van der Waals surface area contributed by atoms with E-state index in [2.05, 4.69) is 9.82 Å². The zero-order chi connectivity index (χ0) is 14.0. The molecule has 0 bridgehead atoms. The first-order valence-corrected chi connectivity index (χ1v) is 7.76. The summed E-state index contributed by atoms with van der Waals surface area (Å²) < 4.78 is 33.8. The molecule has 1 aromatic rings. The molecule has 0 saturated carbocycles. The molecule has 0 spiro atoms. The molecule has 1 aromatic heterocycles. The molecule has 108 valence electrons. The van der Waals surface area contributed by atoms with Crippen LogP contribution in [0.25, 0.3) is 0 Å². The normalized spacial score (nSPS) is 17.8. The molecule has 2 heterocycles. The van der Waals surface area contributed by atoms with E-state index in [4.69, 9.17) is 10.5 Å². The van der Waals surface area contributed by atoms with Crippen LogP contribution in [0, 0.1) is 12.8 Å². The van der Waals surface area contributed by atoms with Crippen molar-refractivity contribution in [2.75, 3.05) is 25.5 Å². The van der Waals surface area contributed by atoms with E-state index in [-0.39, 0.29) is 10.7 Å². The van der Waals surface area contributed by atoms with Crippen molar-refractivity contribution in [1.29, 1.82) is 0 Å². The molecule has 19 heavy (non-hydrogen) atoms. The molecular weight excluding hydrogens is 268 g/mol. The minimum absolute atomic E-state index is 0.0412. The van der Waals surface area contributed by atoms with E-state index in [0.717, 1.165) is 12.8 Å². The van der Waals surface area contributed by atoms with Gasteiger partial charge in [0.25, 0.3) is 0 Å². The number of aryl methyl sites for hydroxylation is 1. The van der Waals surface area contributed by atoms with Crippen LogP contribution in [0.3, 0.4) is 0 Å². The number of hydrogen-bond donors (Lipinski definition) is 2. The number of ether oxygens (including phenoxy) is 1. The maximum Gasteiger partial charge on any atom is 0.246 e. The van der Waals surface area contributed by atoms with Crippen molar-refractivity contribution in [2.24, 2.45) is 13.0 Å². The van der Waals surface area contributed by atoms with Gasteiger partial charge in [-0.1, -0.05) is 0 Å². The number of nitrogens with one attached hydrogen (secondary N) is 1. The van der Waals surface area contributed by atoms with E-state index in [9.17, 15) is 8.42 Å². The van der Waals surface area contributed by atoms with Gasteiger partial charge in [-0.15, -0.1) is 0 Å². The SMILES string of the molecule is Cc1c(S(=O)(=O)NCC2CCOCC2)c(N)nn1C. The standard InChI is InChI=1S/C11H20N4O3S/c1-8-10(11(12)14-15(8)2)19(16,17)13-7-9-3-5-18-6-4-9/h9,13H,3-7H2,1-2H3,(H2,12,14). The smallest absolute Gasteiger partial charge is 0.246 e. The Labute approximate surface area is 113 Å². The first kappa shape index (κ1) is 14.3. The predicted octanol–water partition coefficient (Wildman–Crippen LogP) is 0.0156. The van der Waals surface area contributed by atoms with Gasteiger partial charge in [0, 0.05) is 26.8 Å². The fourth-order valence-corrected chi connectivity index (χ4v) is 3.63. The highest BCUT2D eigenvalue weighted by molar-refractivity contribution is 7.89. The molecule has 3 N–H and O–H groups in total. The Bertz CT molecular complexity index is 547. The Balaban J connectivity index is 2.09. The summed E-state index contributed by atoms with van der Waals surface area (Å²) in [6.07, 6.45) is 1.76. The van der Waals surface area contributed by atoms with E-state index in [1.54, 1.807) is 14.0 Å². The maximum atomic E-state index is 12.3. The van der Waals surface area contributed by atoms with Crippen molar-refractivity contribution in [3.8, 4) is 0 Å². The van der Waals surface area contributed by atoms with Gasteiger partial charge < -0.3 is 10.5 Å². The number of nitrogen functional groups attached to an aromatic ring is 1. The van der Waals surface area contributed by atoms with Crippen LogP contribution in [0.1, 0.15) is 18.5 Å². The van der Waals surface area contributed by atoms with Gasteiger partial charge in [-0.25, -0.2) is 13.1 Å². The Morgan fingerprint density at radius 1 is 1.47 bits per heavy atom. The third-order valence-corrected chi connectivity index (χ3v) is 5.06. The van der Waals surface area contributed by atoms with E-state index in [1.807, 2.05) is 0 Å². The van der Waals surface area contributed by atoms with Crippen molar-refractivity contribution in [2.45, 2.75) is 24.7 Å². The molecule has 7 nitrogen and oxygen atoms in total.